The smallest absolute Gasteiger partial charge is 0.340 e. The highest BCUT2D eigenvalue weighted by molar-refractivity contribution is 5.96. The van der Waals surface area contributed by atoms with Gasteiger partial charge in [-0.3, -0.25) is 0 Å². The summed E-state index contributed by atoms with van der Waals surface area (Å²) in [6.07, 6.45) is 3.55. The molecular formula is C14H22N2O2. The zero-order valence-corrected chi connectivity index (χ0v) is 11.4. The molecule has 0 bridgehead atoms. The molecule has 2 N–H and O–H groups in total. The summed E-state index contributed by atoms with van der Waals surface area (Å²) < 4.78 is 4.71. The number of benzene rings is 1. The SMILES string of the molecule is CCCCCN(C)c1ccc(N)c(C(=O)OC)c1. The maximum Gasteiger partial charge on any atom is 0.340 e. The Balaban J connectivity index is 2.80. The van der Waals surface area contributed by atoms with E-state index >= 15 is 0 Å². The van der Waals surface area contributed by atoms with Gasteiger partial charge in [0.25, 0.3) is 0 Å². The molecule has 0 aliphatic heterocycles. The summed E-state index contributed by atoms with van der Waals surface area (Å²) in [7, 11) is 3.38. The average molecular weight is 250 g/mol. The van der Waals surface area contributed by atoms with Gasteiger partial charge < -0.3 is 15.4 Å². The fourth-order valence-electron chi connectivity index (χ4n) is 1.80. The third-order valence-corrected chi connectivity index (χ3v) is 2.98. The second-order valence-electron chi connectivity index (χ2n) is 4.39. The predicted octanol–water partition coefficient (Wildman–Crippen LogP) is 2.68. The van der Waals surface area contributed by atoms with Gasteiger partial charge in [0.1, 0.15) is 0 Å². The van der Waals surface area contributed by atoms with E-state index in [9.17, 15) is 4.79 Å². The van der Waals surface area contributed by atoms with E-state index in [2.05, 4.69) is 11.8 Å². The molecule has 0 unspecified atom stereocenters. The number of hydrogen-bond donors (Lipinski definition) is 1. The van der Waals surface area contributed by atoms with E-state index in [0.717, 1.165) is 18.7 Å². The predicted molar refractivity (Wildman–Crippen MR) is 75.0 cm³/mol. The summed E-state index contributed by atoms with van der Waals surface area (Å²) in [5.41, 5.74) is 7.63. The number of anilines is 2. The van der Waals surface area contributed by atoms with E-state index in [0.29, 0.717) is 11.3 Å². The quantitative estimate of drug-likeness (QED) is 0.479. The van der Waals surface area contributed by atoms with Crippen molar-refractivity contribution in [3.05, 3.63) is 23.8 Å². The first-order chi connectivity index (χ1) is 8.60. The van der Waals surface area contributed by atoms with Gasteiger partial charge in [-0.15, -0.1) is 0 Å². The van der Waals surface area contributed by atoms with Gasteiger partial charge in [-0.25, -0.2) is 4.79 Å². The summed E-state index contributed by atoms with van der Waals surface area (Å²) in [6, 6.07) is 5.46. The van der Waals surface area contributed by atoms with Crippen LogP contribution in [0.1, 0.15) is 36.5 Å². The van der Waals surface area contributed by atoms with Crippen LogP contribution in [-0.2, 0) is 4.74 Å². The third-order valence-electron chi connectivity index (χ3n) is 2.98. The van der Waals surface area contributed by atoms with Crippen LogP contribution in [0.2, 0.25) is 0 Å². The minimum absolute atomic E-state index is 0.392. The lowest BCUT2D eigenvalue weighted by molar-refractivity contribution is 0.0602. The highest BCUT2D eigenvalue weighted by Gasteiger charge is 2.12. The van der Waals surface area contributed by atoms with Crippen LogP contribution in [-0.4, -0.2) is 26.7 Å². The van der Waals surface area contributed by atoms with Crippen LogP contribution in [0.3, 0.4) is 0 Å². The lowest BCUT2D eigenvalue weighted by Gasteiger charge is -2.20. The average Bonchev–Trinajstić information content (AvgIpc) is 2.38. The number of nitrogens with zero attached hydrogens (tertiary/aromatic N) is 1. The van der Waals surface area contributed by atoms with Crippen LogP contribution in [0.5, 0.6) is 0 Å². The first-order valence-electron chi connectivity index (χ1n) is 6.29. The fourth-order valence-corrected chi connectivity index (χ4v) is 1.80. The van der Waals surface area contributed by atoms with Gasteiger partial charge in [-0.05, 0) is 24.6 Å². The maximum atomic E-state index is 11.5. The molecule has 0 aromatic heterocycles. The molecule has 4 heteroatoms. The summed E-state index contributed by atoms with van der Waals surface area (Å²) in [4.78, 5) is 13.7. The Labute approximate surface area is 109 Å². The van der Waals surface area contributed by atoms with Crippen molar-refractivity contribution in [3.8, 4) is 0 Å². The minimum atomic E-state index is -0.392. The van der Waals surface area contributed by atoms with E-state index in [4.69, 9.17) is 10.5 Å². The summed E-state index contributed by atoms with van der Waals surface area (Å²) in [5.74, 6) is -0.392. The van der Waals surface area contributed by atoms with Gasteiger partial charge in [0.2, 0.25) is 0 Å². The first kappa shape index (κ1) is 14.4. The van der Waals surface area contributed by atoms with E-state index in [1.165, 1.54) is 20.0 Å². The highest BCUT2D eigenvalue weighted by atomic mass is 16.5. The molecule has 4 nitrogen and oxygen atoms in total. The molecule has 0 aliphatic carbocycles. The van der Waals surface area contributed by atoms with Crippen LogP contribution >= 0.6 is 0 Å². The Hall–Kier alpha value is -1.71. The minimum Gasteiger partial charge on any atom is -0.465 e. The van der Waals surface area contributed by atoms with Gasteiger partial charge in [0, 0.05) is 25.0 Å². The molecule has 0 amide bonds. The first-order valence-corrected chi connectivity index (χ1v) is 6.29. The molecule has 0 atom stereocenters. The van der Waals surface area contributed by atoms with Gasteiger partial charge in [-0.2, -0.15) is 0 Å². The van der Waals surface area contributed by atoms with Crippen LogP contribution in [0.15, 0.2) is 18.2 Å². The Morgan fingerprint density at radius 3 is 2.72 bits per heavy atom. The van der Waals surface area contributed by atoms with Crippen molar-refractivity contribution in [1.29, 1.82) is 0 Å². The standard InChI is InChI=1S/C14H22N2O2/c1-4-5-6-9-16(2)11-7-8-13(15)12(10-11)14(17)18-3/h7-8,10H,4-6,9,15H2,1-3H3. The largest absolute Gasteiger partial charge is 0.465 e. The molecule has 18 heavy (non-hydrogen) atoms. The van der Waals surface area contributed by atoms with Gasteiger partial charge in [-0.1, -0.05) is 19.8 Å². The molecule has 0 radical (unpaired) electrons. The van der Waals surface area contributed by atoms with Gasteiger partial charge >= 0.3 is 5.97 Å². The number of nitrogen functional groups attached to an aromatic ring is 1. The molecule has 0 saturated carbocycles. The number of methoxy groups -OCH3 is 1. The second-order valence-corrected chi connectivity index (χ2v) is 4.39. The van der Waals surface area contributed by atoms with E-state index in [1.807, 2.05) is 13.1 Å². The highest BCUT2D eigenvalue weighted by Crippen LogP contribution is 2.21. The van der Waals surface area contributed by atoms with Crippen molar-refractivity contribution < 1.29 is 9.53 Å². The molecule has 0 aliphatic rings. The van der Waals surface area contributed by atoms with Crippen LogP contribution in [0, 0.1) is 0 Å². The molecule has 0 heterocycles. The summed E-state index contributed by atoms with van der Waals surface area (Å²) in [6.45, 7) is 3.15. The summed E-state index contributed by atoms with van der Waals surface area (Å²) in [5, 5.41) is 0. The van der Waals surface area contributed by atoms with Gasteiger partial charge in [0.15, 0.2) is 0 Å². The van der Waals surface area contributed by atoms with E-state index in [1.54, 1.807) is 12.1 Å². The molecule has 0 spiro atoms. The lowest BCUT2D eigenvalue weighted by atomic mass is 10.1. The number of rotatable bonds is 6. The molecule has 1 rings (SSSR count). The zero-order chi connectivity index (χ0) is 13.5. The van der Waals surface area contributed by atoms with E-state index < -0.39 is 5.97 Å². The van der Waals surface area contributed by atoms with Crippen LogP contribution in [0.4, 0.5) is 11.4 Å². The Bertz CT molecular complexity index is 405. The van der Waals surface area contributed by atoms with Crippen molar-refractivity contribution in [1.82, 2.24) is 0 Å². The van der Waals surface area contributed by atoms with Crippen molar-refractivity contribution in [2.75, 3.05) is 31.3 Å². The fraction of sp³-hybridized carbons (Fsp3) is 0.500. The molecule has 1 aromatic carbocycles. The Kier molecular flexibility index (Phi) is 5.49. The van der Waals surface area contributed by atoms with E-state index in [-0.39, 0.29) is 0 Å². The number of nitrogens with two attached hydrogens (primary N) is 1. The zero-order valence-electron chi connectivity index (χ0n) is 11.4. The number of esters is 1. The number of unbranched alkanes of at least 4 members (excludes halogenated alkanes) is 2. The number of carbonyl (C=O) groups is 1. The Morgan fingerprint density at radius 1 is 1.39 bits per heavy atom. The second kappa shape index (κ2) is 6.89. The van der Waals surface area contributed by atoms with Crippen molar-refractivity contribution in [2.24, 2.45) is 0 Å². The van der Waals surface area contributed by atoms with Crippen LogP contribution < -0.4 is 10.6 Å². The van der Waals surface area contributed by atoms with Crippen molar-refractivity contribution in [3.63, 3.8) is 0 Å². The summed E-state index contributed by atoms with van der Waals surface area (Å²) >= 11 is 0. The molecule has 100 valence electrons. The molecule has 0 fully saturated rings. The number of carbonyl (C=O) groups excluding carboxylic acids is 1. The number of ether oxygens (including phenoxy) is 1. The third kappa shape index (κ3) is 3.65. The normalized spacial score (nSPS) is 10.2. The van der Waals surface area contributed by atoms with Crippen molar-refractivity contribution >= 4 is 17.3 Å². The number of hydrogen-bond acceptors (Lipinski definition) is 4. The Morgan fingerprint density at radius 2 is 2.11 bits per heavy atom. The van der Waals surface area contributed by atoms with Crippen LogP contribution in [0.25, 0.3) is 0 Å². The maximum absolute atomic E-state index is 11.5. The molecule has 0 saturated heterocycles. The topological polar surface area (TPSA) is 55.6 Å². The van der Waals surface area contributed by atoms with Crippen molar-refractivity contribution in [2.45, 2.75) is 26.2 Å². The van der Waals surface area contributed by atoms with Gasteiger partial charge in [0.05, 0.1) is 12.7 Å². The lowest BCUT2D eigenvalue weighted by Crippen LogP contribution is -2.19. The molecular weight excluding hydrogens is 228 g/mol. The molecule has 1 aromatic rings. The monoisotopic (exact) mass is 250 g/mol.